The van der Waals surface area contributed by atoms with Crippen LogP contribution >= 0.6 is 0 Å². The van der Waals surface area contributed by atoms with Gasteiger partial charge < -0.3 is 14.8 Å². The Balaban J connectivity index is 1.49. The molecule has 0 aliphatic carbocycles. The number of amides is 1. The average Bonchev–Trinajstić information content (AvgIpc) is 2.78. The van der Waals surface area contributed by atoms with E-state index in [1.165, 1.54) is 5.56 Å². The minimum Gasteiger partial charge on any atom is -0.496 e. The molecule has 150 valence electrons. The third kappa shape index (κ3) is 4.58. The minimum absolute atomic E-state index is 0.131. The number of morpholine rings is 1. The van der Waals surface area contributed by atoms with Crippen LogP contribution in [0.5, 0.6) is 5.75 Å². The van der Waals surface area contributed by atoms with Crippen LogP contribution in [0, 0.1) is 0 Å². The Morgan fingerprint density at radius 3 is 2.38 bits per heavy atom. The molecule has 0 unspecified atom stereocenters. The van der Waals surface area contributed by atoms with Crippen molar-refractivity contribution in [1.82, 2.24) is 10.2 Å². The van der Waals surface area contributed by atoms with Crippen LogP contribution < -0.4 is 10.1 Å². The number of benzene rings is 3. The predicted octanol–water partition coefficient (Wildman–Crippen LogP) is 3.61. The van der Waals surface area contributed by atoms with Gasteiger partial charge >= 0.3 is 0 Å². The molecule has 1 aliphatic heterocycles. The van der Waals surface area contributed by atoms with Crippen molar-refractivity contribution in [3.8, 4) is 5.75 Å². The Morgan fingerprint density at radius 1 is 1.00 bits per heavy atom. The maximum Gasteiger partial charge on any atom is 0.255 e. The second-order valence-electron chi connectivity index (χ2n) is 7.24. The lowest BCUT2D eigenvalue weighted by molar-refractivity contribution is 0.0340. The summed E-state index contributed by atoms with van der Waals surface area (Å²) in [6.07, 6.45) is 0. The van der Waals surface area contributed by atoms with E-state index in [-0.39, 0.29) is 5.91 Å². The summed E-state index contributed by atoms with van der Waals surface area (Å²) in [6, 6.07) is 20.0. The Bertz CT molecular complexity index is 996. The molecule has 0 aromatic heterocycles. The van der Waals surface area contributed by atoms with E-state index < -0.39 is 0 Å². The van der Waals surface area contributed by atoms with Crippen LogP contribution in [0.15, 0.2) is 60.7 Å². The SMILES string of the molecule is COc1cc2ccccc2cc1C(=O)NCc1ccccc1CN1CCOCC1. The second kappa shape index (κ2) is 9.07. The molecular formula is C24H26N2O3. The maximum atomic E-state index is 12.9. The van der Waals surface area contributed by atoms with Crippen LogP contribution in [0.1, 0.15) is 21.5 Å². The standard InChI is InChI=1S/C24H26N2O3/c1-28-23-15-19-7-3-2-6-18(19)14-22(23)24(27)25-16-20-8-4-5-9-21(20)17-26-10-12-29-13-11-26/h2-9,14-15H,10-13,16-17H2,1H3,(H,25,27). The smallest absolute Gasteiger partial charge is 0.255 e. The van der Waals surface area contributed by atoms with E-state index in [9.17, 15) is 4.79 Å². The monoisotopic (exact) mass is 390 g/mol. The molecule has 5 heteroatoms. The number of carbonyl (C=O) groups is 1. The first-order chi connectivity index (χ1) is 14.2. The predicted molar refractivity (Wildman–Crippen MR) is 114 cm³/mol. The van der Waals surface area contributed by atoms with Gasteiger partial charge in [0.25, 0.3) is 5.91 Å². The second-order valence-corrected chi connectivity index (χ2v) is 7.24. The van der Waals surface area contributed by atoms with E-state index in [1.807, 2.05) is 48.5 Å². The van der Waals surface area contributed by atoms with Crippen molar-refractivity contribution in [2.75, 3.05) is 33.4 Å². The lowest BCUT2D eigenvalue weighted by Gasteiger charge is -2.27. The zero-order valence-electron chi connectivity index (χ0n) is 16.7. The van der Waals surface area contributed by atoms with Gasteiger partial charge in [-0.2, -0.15) is 0 Å². The minimum atomic E-state index is -0.131. The maximum absolute atomic E-state index is 12.9. The summed E-state index contributed by atoms with van der Waals surface area (Å²) in [4.78, 5) is 15.3. The fourth-order valence-corrected chi connectivity index (χ4v) is 3.72. The molecule has 1 N–H and O–H groups in total. The van der Waals surface area contributed by atoms with Crippen molar-refractivity contribution >= 4 is 16.7 Å². The van der Waals surface area contributed by atoms with E-state index in [0.717, 1.165) is 49.2 Å². The Labute approximate surface area is 171 Å². The van der Waals surface area contributed by atoms with E-state index in [2.05, 4.69) is 22.3 Å². The fourth-order valence-electron chi connectivity index (χ4n) is 3.72. The molecule has 1 aliphatic rings. The normalized spacial score (nSPS) is 14.7. The van der Waals surface area contributed by atoms with E-state index >= 15 is 0 Å². The first-order valence-electron chi connectivity index (χ1n) is 9.96. The molecule has 0 saturated carbocycles. The molecule has 0 atom stereocenters. The quantitative estimate of drug-likeness (QED) is 0.699. The summed E-state index contributed by atoms with van der Waals surface area (Å²) in [5.41, 5.74) is 2.92. The van der Waals surface area contributed by atoms with Crippen LogP contribution in [-0.2, 0) is 17.8 Å². The van der Waals surface area contributed by atoms with Gasteiger partial charge in [-0.25, -0.2) is 0 Å². The Morgan fingerprint density at radius 2 is 1.66 bits per heavy atom. The zero-order chi connectivity index (χ0) is 20.1. The van der Waals surface area contributed by atoms with Crippen molar-refractivity contribution in [1.29, 1.82) is 0 Å². The number of carbonyl (C=O) groups excluding carboxylic acids is 1. The molecule has 3 aromatic carbocycles. The van der Waals surface area contributed by atoms with Gasteiger partial charge in [0.1, 0.15) is 5.75 Å². The summed E-state index contributed by atoms with van der Waals surface area (Å²) in [5, 5.41) is 5.14. The highest BCUT2D eigenvalue weighted by atomic mass is 16.5. The molecule has 1 fully saturated rings. The first-order valence-corrected chi connectivity index (χ1v) is 9.96. The van der Waals surface area contributed by atoms with Crippen molar-refractivity contribution < 1.29 is 14.3 Å². The van der Waals surface area contributed by atoms with Crippen LogP contribution in [0.2, 0.25) is 0 Å². The van der Waals surface area contributed by atoms with Gasteiger partial charge in [-0.15, -0.1) is 0 Å². The molecular weight excluding hydrogens is 364 g/mol. The van der Waals surface area contributed by atoms with E-state index in [1.54, 1.807) is 7.11 Å². The zero-order valence-corrected chi connectivity index (χ0v) is 16.7. The summed E-state index contributed by atoms with van der Waals surface area (Å²) in [6.45, 7) is 4.79. The largest absolute Gasteiger partial charge is 0.496 e. The summed E-state index contributed by atoms with van der Waals surface area (Å²) in [7, 11) is 1.60. The lowest BCUT2D eigenvalue weighted by Crippen LogP contribution is -2.36. The van der Waals surface area contributed by atoms with Crippen LogP contribution in [0.4, 0.5) is 0 Å². The van der Waals surface area contributed by atoms with Gasteiger partial charge in [-0.3, -0.25) is 9.69 Å². The van der Waals surface area contributed by atoms with Gasteiger partial charge in [0, 0.05) is 26.2 Å². The fraction of sp³-hybridized carbons (Fsp3) is 0.292. The van der Waals surface area contributed by atoms with Gasteiger partial charge in [-0.1, -0.05) is 48.5 Å². The van der Waals surface area contributed by atoms with Crippen LogP contribution in [0.3, 0.4) is 0 Å². The number of nitrogens with zero attached hydrogens (tertiary/aromatic N) is 1. The van der Waals surface area contributed by atoms with Gasteiger partial charge in [0.2, 0.25) is 0 Å². The Kier molecular flexibility index (Phi) is 6.08. The molecule has 1 amide bonds. The van der Waals surface area contributed by atoms with Crippen molar-refractivity contribution in [2.45, 2.75) is 13.1 Å². The Hall–Kier alpha value is -2.89. The third-order valence-electron chi connectivity index (χ3n) is 5.37. The molecule has 1 heterocycles. The van der Waals surface area contributed by atoms with Crippen LogP contribution in [-0.4, -0.2) is 44.2 Å². The molecule has 0 bridgehead atoms. The van der Waals surface area contributed by atoms with Gasteiger partial charge in [0.15, 0.2) is 0 Å². The van der Waals surface area contributed by atoms with Gasteiger partial charge in [-0.05, 0) is 34.0 Å². The van der Waals surface area contributed by atoms with Gasteiger partial charge in [0.05, 0.1) is 25.9 Å². The number of hydrogen-bond acceptors (Lipinski definition) is 4. The molecule has 0 spiro atoms. The number of rotatable bonds is 6. The third-order valence-corrected chi connectivity index (χ3v) is 5.37. The van der Waals surface area contributed by atoms with Crippen molar-refractivity contribution in [3.05, 3.63) is 77.4 Å². The molecule has 3 aromatic rings. The summed E-state index contributed by atoms with van der Waals surface area (Å²) in [5.74, 6) is 0.455. The van der Waals surface area contributed by atoms with Crippen LogP contribution in [0.25, 0.3) is 10.8 Å². The van der Waals surface area contributed by atoms with E-state index in [0.29, 0.717) is 17.9 Å². The molecule has 4 rings (SSSR count). The number of fused-ring (bicyclic) bond motifs is 1. The van der Waals surface area contributed by atoms with Crippen molar-refractivity contribution in [3.63, 3.8) is 0 Å². The number of ether oxygens (including phenoxy) is 2. The topological polar surface area (TPSA) is 50.8 Å². The molecule has 5 nitrogen and oxygen atoms in total. The highest BCUT2D eigenvalue weighted by Gasteiger charge is 2.16. The lowest BCUT2D eigenvalue weighted by atomic mass is 10.0. The number of methoxy groups -OCH3 is 1. The van der Waals surface area contributed by atoms with E-state index in [4.69, 9.17) is 9.47 Å². The number of hydrogen-bond donors (Lipinski definition) is 1. The molecule has 29 heavy (non-hydrogen) atoms. The summed E-state index contributed by atoms with van der Waals surface area (Å²) >= 11 is 0. The molecule has 0 radical (unpaired) electrons. The first kappa shape index (κ1) is 19.4. The highest BCUT2D eigenvalue weighted by Crippen LogP contribution is 2.26. The van der Waals surface area contributed by atoms with Crippen molar-refractivity contribution in [2.24, 2.45) is 0 Å². The molecule has 1 saturated heterocycles. The average molecular weight is 390 g/mol. The number of nitrogens with one attached hydrogen (secondary N) is 1. The summed E-state index contributed by atoms with van der Waals surface area (Å²) < 4.78 is 10.9. The highest BCUT2D eigenvalue weighted by molar-refractivity contribution is 6.01.